The quantitative estimate of drug-likeness (QED) is 0.775. The van der Waals surface area contributed by atoms with Crippen molar-refractivity contribution in [1.29, 1.82) is 0 Å². The summed E-state index contributed by atoms with van der Waals surface area (Å²) in [7, 11) is 0. The maximum absolute atomic E-state index is 12.9. The number of halogens is 1. The summed E-state index contributed by atoms with van der Waals surface area (Å²) in [5, 5.41) is 10.8. The van der Waals surface area contributed by atoms with Crippen molar-refractivity contribution >= 4 is 34.9 Å². The smallest absolute Gasteiger partial charge is 0.245 e. The first kappa shape index (κ1) is 17.2. The van der Waals surface area contributed by atoms with Crippen LogP contribution >= 0.6 is 12.4 Å². The summed E-state index contributed by atoms with van der Waals surface area (Å²) >= 11 is 0. The first-order valence-corrected chi connectivity index (χ1v) is 8.09. The lowest BCUT2D eigenvalue weighted by molar-refractivity contribution is -0.222. The molecule has 1 aliphatic carbocycles. The van der Waals surface area contributed by atoms with Crippen molar-refractivity contribution in [3.63, 3.8) is 0 Å². The zero-order valence-corrected chi connectivity index (χ0v) is 14.7. The van der Waals surface area contributed by atoms with Crippen LogP contribution in [0.5, 0.6) is 0 Å². The van der Waals surface area contributed by atoms with Crippen molar-refractivity contribution in [2.75, 3.05) is 11.9 Å². The number of amides is 1. The molecular weight excluding hydrogens is 328 g/mol. The lowest BCUT2D eigenvalue weighted by atomic mass is 9.46. The molecule has 3 atom stereocenters. The lowest BCUT2D eigenvalue weighted by Crippen LogP contribution is -2.81. The van der Waals surface area contributed by atoms with Gasteiger partial charge in [0.15, 0.2) is 0 Å². The number of nitrogens with two attached hydrogens (primary N) is 1. The van der Waals surface area contributed by atoms with Crippen molar-refractivity contribution in [3.05, 3.63) is 24.4 Å². The van der Waals surface area contributed by atoms with Gasteiger partial charge in [-0.2, -0.15) is 5.10 Å². The van der Waals surface area contributed by atoms with Gasteiger partial charge in [0.2, 0.25) is 5.91 Å². The predicted molar refractivity (Wildman–Crippen MR) is 95.1 cm³/mol. The molecule has 2 fully saturated rings. The van der Waals surface area contributed by atoms with Crippen LogP contribution in [0.1, 0.15) is 26.7 Å². The molecule has 6 nitrogen and oxygen atoms in total. The molecule has 24 heavy (non-hydrogen) atoms. The minimum atomic E-state index is -0.899. The Morgan fingerprint density at radius 1 is 1.46 bits per heavy atom. The number of hydrogen-bond acceptors (Lipinski definition) is 4. The van der Waals surface area contributed by atoms with Gasteiger partial charge in [-0.15, -0.1) is 12.4 Å². The monoisotopic (exact) mass is 350 g/mol. The number of rotatable bonds is 2. The highest BCUT2D eigenvalue weighted by Crippen LogP contribution is 2.57. The lowest BCUT2D eigenvalue weighted by Gasteiger charge is -2.65. The molecule has 0 radical (unpaired) electrons. The number of hydrogen-bond donors (Lipinski definition) is 3. The van der Waals surface area contributed by atoms with Crippen LogP contribution in [-0.2, 0) is 9.53 Å². The maximum atomic E-state index is 12.9. The second-order valence-electron chi connectivity index (χ2n) is 7.26. The predicted octanol–water partition coefficient (Wildman–Crippen LogP) is 2.46. The van der Waals surface area contributed by atoms with Crippen molar-refractivity contribution in [1.82, 2.24) is 10.2 Å². The Morgan fingerprint density at radius 3 is 3.04 bits per heavy atom. The highest BCUT2D eigenvalue weighted by molar-refractivity contribution is 6.01. The van der Waals surface area contributed by atoms with Crippen LogP contribution in [0, 0.1) is 11.3 Å². The maximum Gasteiger partial charge on any atom is 0.245 e. The Kier molecular flexibility index (Phi) is 4.10. The van der Waals surface area contributed by atoms with Crippen LogP contribution in [0.15, 0.2) is 24.4 Å². The number of nitrogens with one attached hydrogen (secondary N) is 2. The fourth-order valence-electron chi connectivity index (χ4n) is 4.29. The fraction of sp³-hybridized carbons (Fsp3) is 0.529. The van der Waals surface area contributed by atoms with E-state index in [9.17, 15) is 4.79 Å². The van der Waals surface area contributed by atoms with Gasteiger partial charge in [-0.25, -0.2) is 0 Å². The van der Waals surface area contributed by atoms with Gasteiger partial charge in [-0.3, -0.25) is 9.89 Å². The molecular formula is C17H23ClN4O2. The van der Waals surface area contributed by atoms with Gasteiger partial charge in [0.05, 0.1) is 17.8 Å². The van der Waals surface area contributed by atoms with E-state index < -0.39 is 5.54 Å². The van der Waals surface area contributed by atoms with Gasteiger partial charge in [0, 0.05) is 29.0 Å². The first-order chi connectivity index (χ1) is 10.9. The molecule has 2 heterocycles. The number of aromatic amines is 1. The summed E-state index contributed by atoms with van der Waals surface area (Å²) in [4.78, 5) is 12.9. The average Bonchev–Trinajstić information content (AvgIpc) is 3.01. The number of H-pyrrole nitrogens is 1. The fourth-order valence-corrected chi connectivity index (χ4v) is 4.29. The molecule has 1 aromatic carbocycles. The molecule has 1 aliphatic heterocycles. The number of nitrogens with zero attached hydrogens (tertiary/aromatic N) is 1. The van der Waals surface area contributed by atoms with Gasteiger partial charge in [0.25, 0.3) is 0 Å². The normalized spacial score (nSPS) is 30.8. The Labute approximate surface area is 146 Å². The van der Waals surface area contributed by atoms with E-state index >= 15 is 0 Å². The van der Waals surface area contributed by atoms with E-state index in [0.29, 0.717) is 0 Å². The molecule has 4 N–H and O–H groups in total. The molecule has 2 aromatic rings. The molecule has 1 saturated carbocycles. The third-order valence-electron chi connectivity index (χ3n) is 5.76. The van der Waals surface area contributed by atoms with Crippen LogP contribution in [0.2, 0.25) is 0 Å². The summed E-state index contributed by atoms with van der Waals surface area (Å²) in [6.45, 7) is 4.82. The second-order valence-corrected chi connectivity index (χ2v) is 7.26. The van der Waals surface area contributed by atoms with Gasteiger partial charge < -0.3 is 15.8 Å². The minimum Gasteiger partial charge on any atom is -0.377 e. The topological polar surface area (TPSA) is 93.0 Å². The van der Waals surface area contributed by atoms with Crippen LogP contribution in [-0.4, -0.2) is 34.4 Å². The average molecular weight is 351 g/mol. The molecule has 4 rings (SSSR count). The summed E-state index contributed by atoms with van der Waals surface area (Å²) < 4.78 is 5.86. The summed E-state index contributed by atoms with van der Waals surface area (Å²) in [6, 6.07) is 5.67. The zero-order chi connectivity index (χ0) is 16.2. The Hall–Kier alpha value is -1.63. The van der Waals surface area contributed by atoms with E-state index in [4.69, 9.17) is 10.5 Å². The Bertz CT molecular complexity index is 775. The van der Waals surface area contributed by atoms with Crippen LogP contribution in [0.25, 0.3) is 10.9 Å². The number of aromatic nitrogens is 2. The Balaban J connectivity index is 0.00000169. The van der Waals surface area contributed by atoms with E-state index in [1.807, 2.05) is 32.0 Å². The molecule has 0 bridgehead atoms. The standard InChI is InChI=1S/C17H22N4O2.ClH/c1-16(2)14-12(4-3-7-23-14)17(16,18)15(22)20-11-5-6-13-10(8-11)9-19-21-13;/h5-6,8-9,12,14H,3-4,7,18H2,1-2H3,(H,19,21)(H,20,22);1H. The van der Waals surface area contributed by atoms with E-state index in [1.54, 1.807) is 6.20 Å². The third-order valence-corrected chi connectivity index (χ3v) is 5.76. The zero-order valence-electron chi connectivity index (χ0n) is 13.8. The van der Waals surface area contributed by atoms with Crippen LogP contribution in [0.4, 0.5) is 5.69 Å². The van der Waals surface area contributed by atoms with Crippen molar-refractivity contribution in [2.45, 2.75) is 38.3 Å². The van der Waals surface area contributed by atoms with Crippen molar-refractivity contribution in [2.24, 2.45) is 17.1 Å². The van der Waals surface area contributed by atoms with Gasteiger partial charge >= 0.3 is 0 Å². The number of fused-ring (bicyclic) bond motifs is 2. The SMILES string of the molecule is CC1(C)C2OCCCC2C1(N)C(=O)Nc1ccc2[nH]ncc2c1.Cl. The van der Waals surface area contributed by atoms with E-state index in [1.165, 1.54) is 0 Å². The second kappa shape index (κ2) is 5.72. The molecule has 1 aromatic heterocycles. The number of carbonyl (C=O) groups excluding carboxylic acids is 1. The minimum absolute atomic E-state index is 0. The summed E-state index contributed by atoms with van der Waals surface area (Å²) in [5.74, 6) is -0.0407. The molecule has 2 aliphatic rings. The highest BCUT2D eigenvalue weighted by atomic mass is 35.5. The number of benzene rings is 1. The molecule has 3 unspecified atom stereocenters. The van der Waals surface area contributed by atoms with E-state index in [2.05, 4.69) is 15.5 Å². The molecule has 1 amide bonds. The van der Waals surface area contributed by atoms with Crippen LogP contribution in [0.3, 0.4) is 0 Å². The third kappa shape index (κ3) is 2.17. The number of carbonyl (C=O) groups is 1. The number of anilines is 1. The molecule has 130 valence electrons. The largest absolute Gasteiger partial charge is 0.377 e. The first-order valence-electron chi connectivity index (χ1n) is 8.09. The van der Waals surface area contributed by atoms with E-state index in [-0.39, 0.29) is 35.8 Å². The van der Waals surface area contributed by atoms with Gasteiger partial charge in [0.1, 0.15) is 5.54 Å². The van der Waals surface area contributed by atoms with Crippen LogP contribution < -0.4 is 11.1 Å². The van der Waals surface area contributed by atoms with E-state index in [0.717, 1.165) is 36.0 Å². The highest BCUT2D eigenvalue weighted by Gasteiger charge is 2.70. The molecule has 7 heteroatoms. The number of ether oxygens (including phenoxy) is 1. The molecule has 0 spiro atoms. The van der Waals surface area contributed by atoms with Gasteiger partial charge in [-0.1, -0.05) is 13.8 Å². The van der Waals surface area contributed by atoms with Gasteiger partial charge in [-0.05, 0) is 31.0 Å². The van der Waals surface area contributed by atoms with Crippen molar-refractivity contribution < 1.29 is 9.53 Å². The summed E-state index contributed by atoms with van der Waals surface area (Å²) in [6.07, 6.45) is 3.72. The Morgan fingerprint density at radius 2 is 2.25 bits per heavy atom. The van der Waals surface area contributed by atoms with Crippen molar-refractivity contribution in [3.8, 4) is 0 Å². The summed E-state index contributed by atoms with van der Waals surface area (Å²) in [5.41, 5.74) is 7.02. The molecule has 1 saturated heterocycles.